The van der Waals surface area contributed by atoms with Crippen molar-refractivity contribution in [2.75, 3.05) is 18.4 Å². The van der Waals surface area contributed by atoms with Gasteiger partial charge < -0.3 is 20.2 Å². The first-order valence-electron chi connectivity index (χ1n) is 10.5. The van der Waals surface area contributed by atoms with Crippen molar-refractivity contribution < 1.29 is 32.3 Å². The fourth-order valence-electron chi connectivity index (χ4n) is 3.13. The van der Waals surface area contributed by atoms with Crippen molar-refractivity contribution in [3.05, 3.63) is 65.5 Å². The predicted octanol–water partition coefficient (Wildman–Crippen LogP) is 4.25. The number of amides is 1. The van der Waals surface area contributed by atoms with E-state index in [1.807, 2.05) is 0 Å². The second kappa shape index (κ2) is 10.8. The zero-order valence-corrected chi connectivity index (χ0v) is 18.2. The van der Waals surface area contributed by atoms with E-state index in [-0.39, 0.29) is 30.7 Å². The minimum absolute atomic E-state index is 0.0656. The highest BCUT2D eigenvalue weighted by Gasteiger charge is 2.38. The Bertz CT molecular complexity index is 1110. The topological polar surface area (TPSA) is 117 Å². The molecule has 3 N–H and O–H groups in total. The quantitative estimate of drug-likeness (QED) is 0.400. The molecule has 11 heteroatoms. The maximum absolute atomic E-state index is 12.6. The van der Waals surface area contributed by atoms with Crippen molar-refractivity contribution in [3.8, 4) is 11.5 Å². The number of nitrogens with zero attached hydrogens (tertiary/aromatic N) is 2. The van der Waals surface area contributed by atoms with Gasteiger partial charge in [-0.15, -0.1) is 10.2 Å². The highest BCUT2D eigenvalue weighted by Crippen LogP contribution is 2.30. The fraction of sp³-hybridized carbons (Fsp3) is 0.304. The normalized spacial score (nSPS) is 12.2. The molecule has 0 spiro atoms. The van der Waals surface area contributed by atoms with Gasteiger partial charge in [-0.25, -0.2) is 0 Å². The molecule has 0 aliphatic rings. The van der Waals surface area contributed by atoms with Crippen LogP contribution in [0.4, 0.5) is 18.9 Å². The maximum atomic E-state index is 12.6. The van der Waals surface area contributed by atoms with Crippen LogP contribution in [0.1, 0.15) is 35.2 Å². The number of aliphatic carboxylic acids is 1. The van der Waals surface area contributed by atoms with Gasteiger partial charge in [-0.1, -0.05) is 19.1 Å². The minimum Gasteiger partial charge on any atom is -0.481 e. The molecule has 1 aromatic heterocycles. The van der Waals surface area contributed by atoms with Gasteiger partial charge in [-0.3, -0.25) is 9.59 Å². The van der Waals surface area contributed by atoms with Crippen molar-refractivity contribution in [1.82, 2.24) is 15.5 Å². The summed E-state index contributed by atoms with van der Waals surface area (Å²) in [4.78, 5) is 22.5. The van der Waals surface area contributed by atoms with Gasteiger partial charge in [-0.2, -0.15) is 13.2 Å². The van der Waals surface area contributed by atoms with Crippen LogP contribution in [0.3, 0.4) is 0 Å². The summed E-state index contributed by atoms with van der Waals surface area (Å²) in [5.74, 6) is -2.63. The van der Waals surface area contributed by atoms with E-state index in [9.17, 15) is 22.8 Å². The minimum atomic E-state index is -4.68. The van der Waals surface area contributed by atoms with Crippen LogP contribution in [0, 0.1) is 5.92 Å². The first-order valence-corrected chi connectivity index (χ1v) is 10.5. The van der Waals surface area contributed by atoms with Crippen LogP contribution in [-0.4, -0.2) is 40.3 Å². The van der Waals surface area contributed by atoms with Crippen molar-refractivity contribution in [3.63, 3.8) is 0 Å². The molecule has 0 saturated carbocycles. The van der Waals surface area contributed by atoms with E-state index in [2.05, 4.69) is 32.2 Å². The summed E-state index contributed by atoms with van der Waals surface area (Å²) < 4.78 is 42.5. The first-order chi connectivity index (χ1) is 16.1. The fourth-order valence-corrected chi connectivity index (χ4v) is 3.13. The molecule has 2 aromatic carbocycles. The molecule has 0 radical (unpaired) electrons. The standard InChI is InChI=1S/C23H23F3N4O4/c1-14(13-28-18-8-6-16(7-9-18)20(33)27-11-10-19(31)32)12-15-2-4-17(5-3-15)21-29-30-22(34-21)23(24,25)26/h2-9,14,28H,10-13H2,1H3,(H,27,33)(H,31,32). The van der Waals surface area contributed by atoms with Gasteiger partial charge in [0.05, 0.1) is 6.42 Å². The number of hydrogen-bond acceptors (Lipinski definition) is 6. The second-order valence-electron chi connectivity index (χ2n) is 7.77. The zero-order valence-electron chi connectivity index (χ0n) is 18.2. The first kappa shape index (κ1) is 24.7. The molecular weight excluding hydrogens is 453 g/mol. The van der Waals surface area contributed by atoms with Crippen LogP contribution in [-0.2, 0) is 17.4 Å². The molecule has 0 bridgehead atoms. The lowest BCUT2D eigenvalue weighted by atomic mass is 10.00. The summed E-state index contributed by atoms with van der Waals surface area (Å²) in [6.45, 7) is 2.78. The van der Waals surface area contributed by atoms with Gasteiger partial charge in [0.15, 0.2) is 0 Å². The summed E-state index contributed by atoms with van der Waals surface area (Å²) in [5, 5.41) is 20.9. The van der Waals surface area contributed by atoms with Crippen LogP contribution in [0.15, 0.2) is 52.9 Å². The molecule has 3 rings (SSSR count). The lowest BCUT2D eigenvalue weighted by molar-refractivity contribution is -0.157. The molecule has 0 fully saturated rings. The van der Waals surface area contributed by atoms with Crippen molar-refractivity contribution in [2.45, 2.75) is 25.9 Å². The molecule has 8 nitrogen and oxygen atoms in total. The largest absolute Gasteiger partial charge is 0.481 e. The van der Waals surface area contributed by atoms with Crippen molar-refractivity contribution >= 4 is 17.6 Å². The molecular formula is C23H23F3N4O4. The third-order valence-corrected chi connectivity index (χ3v) is 4.88. The van der Waals surface area contributed by atoms with Crippen LogP contribution < -0.4 is 10.6 Å². The average molecular weight is 476 g/mol. The number of benzene rings is 2. The Hall–Kier alpha value is -3.89. The Kier molecular flexibility index (Phi) is 7.87. The van der Waals surface area contributed by atoms with E-state index in [4.69, 9.17) is 5.11 Å². The Labute approximate surface area is 193 Å². The van der Waals surface area contributed by atoms with Crippen molar-refractivity contribution in [1.29, 1.82) is 0 Å². The number of hydrogen-bond donors (Lipinski definition) is 3. The van der Waals surface area contributed by atoms with E-state index < -0.39 is 18.0 Å². The molecule has 0 saturated heterocycles. The number of carboxylic acids is 1. The number of halogens is 3. The number of carboxylic acid groups (broad SMARTS) is 1. The number of carbonyl (C=O) groups is 2. The van der Waals surface area contributed by atoms with E-state index in [1.54, 1.807) is 48.5 Å². The zero-order chi connectivity index (χ0) is 24.7. The van der Waals surface area contributed by atoms with Crippen molar-refractivity contribution in [2.24, 2.45) is 5.92 Å². The molecule has 34 heavy (non-hydrogen) atoms. The molecule has 3 aromatic rings. The van der Waals surface area contributed by atoms with E-state index in [0.29, 0.717) is 17.7 Å². The van der Waals surface area contributed by atoms with Crippen LogP contribution in [0.25, 0.3) is 11.5 Å². The lowest BCUT2D eigenvalue weighted by Crippen LogP contribution is -2.25. The number of anilines is 1. The smallest absolute Gasteiger partial charge is 0.470 e. The van der Waals surface area contributed by atoms with Gasteiger partial charge in [0, 0.05) is 29.9 Å². The summed E-state index contributed by atoms with van der Waals surface area (Å²) in [6, 6.07) is 13.8. The number of carbonyl (C=O) groups excluding carboxylic acids is 1. The molecule has 180 valence electrons. The molecule has 0 aliphatic heterocycles. The monoisotopic (exact) mass is 476 g/mol. The van der Waals surface area contributed by atoms with Crippen LogP contribution >= 0.6 is 0 Å². The Balaban J connectivity index is 1.47. The highest BCUT2D eigenvalue weighted by atomic mass is 19.4. The number of nitrogens with one attached hydrogen (secondary N) is 2. The molecule has 1 unspecified atom stereocenters. The van der Waals surface area contributed by atoms with Crippen LogP contribution in [0.5, 0.6) is 0 Å². The summed E-state index contributed by atoms with van der Waals surface area (Å²) in [6.07, 6.45) is -4.08. The van der Waals surface area contributed by atoms with Gasteiger partial charge in [0.1, 0.15) is 0 Å². The number of aromatic nitrogens is 2. The SMILES string of the molecule is CC(CNc1ccc(C(=O)NCCC(=O)O)cc1)Cc1ccc(-c2nnc(C(F)(F)F)o2)cc1. The molecule has 1 amide bonds. The maximum Gasteiger partial charge on any atom is 0.470 e. The van der Waals surface area contributed by atoms with Gasteiger partial charge in [0.2, 0.25) is 5.89 Å². The predicted molar refractivity (Wildman–Crippen MR) is 117 cm³/mol. The van der Waals surface area contributed by atoms with E-state index >= 15 is 0 Å². The summed E-state index contributed by atoms with van der Waals surface area (Å²) >= 11 is 0. The Morgan fingerprint density at radius 3 is 2.32 bits per heavy atom. The molecule has 1 atom stereocenters. The van der Waals surface area contributed by atoms with E-state index in [0.717, 1.165) is 17.7 Å². The van der Waals surface area contributed by atoms with Gasteiger partial charge in [-0.05, 0) is 54.3 Å². The molecule has 1 heterocycles. The molecule has 0 aliphatic carbocycles. The second-order valence-corrected chi connectivity index (χ2v) is 7.77. The third kappa shape index (κ3) is 7.06. The highest BCUT2D eigenvalue weighted by molar-refractivity contribution is 5.94. The Morgan fingerprint density at radius 1 is 1.06 bits per heavy atom. The Morgan fingerprint density at radius 2 is 1.74 bits per heavy atom. The van der Waals surface area contributed by atoms with Gasteiger partial charge in [0.25, 0.3) is 5.91 Å². The number of rotatable bonds is 10. The third-order valence-electron chi connectivity index (χ3n) is 4.88. The van der Waals surface area contributed by atoms with Gasteiger partial charge >= 0.3 is 18.0 Å². The number of alkyl halides is 3. The average Bonchev–Trinajstić information content (AvgIpc) is 3.29. The van der Waals surface area contributed by atoms with E-state index in [1.165, 1.54) is 0 Å². The summed E-state index contributed by atoms with van der Waals surface area (Å²) in [7, 11) is 0. The summed E-state index contributed by atoms with van der Waals surface area (Å²) in [5.41, 5.74) is 2.68. The van der Waals surface area contributed by atoms with Crippen LogP contribution in [0.2, 0.25) is 0 Å². The lowest BCUT2D eigenvalue weighted by Gasteiger charge is -2.14.